The summed E-state index contributed by atoms with van der Waals surface area (Å²) < 4.78 is 5.82. The molecule has 1 N–H and O–H groups in total. The van der Waals surface area contributed by atoms with Crippen molar-refractivity contribution >= 4 is 34.0 Å². The number of ether oxygens (including phenoxy) is 1. The Labute approximate surface area is 198 Å². The first-order valence-electron chi connectivity index (χ1n) is 11.4. The van der Waals surface area contributed by atoms with E-state index in [4.69, 9.17) is 4.74 Å². The lowest BCUT2D eigenvalue weighted by Gasteiger charge is -2.35. The molecule has 4 aromatic rings. The number of fused-ring (bicyclic) bond motifs is 1. The van der Waals surface area contributed by atoms with Crippen LogP contribution in [0.4, 0.5) is 17.3 Å². The molecule has 1 fully saturated rings. The number of rotatable bonds is 6. The third kappa shape index (κ3) is 4.47. The molecule has 34 heavy (non-hydrogen) atoms. The summed E-state index contributed by atoms with van der Waals surface area (Å²) in [6.07, 6.45) is 3.45. The van der Waals surface area contributed by atoms with E-state index in [-0.39, 0.29) is 5.91 Å². The summed E-state index contributed by atoms with van der Waals surface area (Å²) in [6.45, 7) is 5.02. The first-order chi connectivity index (χ1) is 16.7. The third-order valence-corrected chi connectivity index (χ3v) is 5.90. The van der Waals surface area contributed by atoms with Crippen LogP contribution in [0.3, 0.4) is 0 Å². The van der Waals surface area contributed by atoms with Gasteiger partial charge in [-0.3, -0.25) is 9.78 Å². The number of hydrogen-bond acceptors (Lipinski definition) is 7. The minimum Gasteiger partial charge on any atom is -0.493 e. The Morgan fingerprint density at radius 1 is 0.941 bits per heavy atom. The van der Waals surface area contributed by atoms with Gasteiger partial charge in [0.05, 0.1) is 12.2 Å². The molecule has 5 rings (SSSR count). The van der Waals surface area contributed by atoms with Crippen LogP contribution in [0.25, 0.3) is 10.8 Å². The second-order valence-electron chi connectivity index (χ2n) is 8.01. The van der Waals surface area contributed by atoms with Crippen molar-refractivity contribution in [2.45, 2.75) is 6.92 Å². The number of carbonyl (C=O) groups excluding carboxylic acids is 1. The van der Waals surface area contributed by atoms with E-state index in [9.17, 15) is 4.79 Å². The highest BCUT2D eigenvalue weighted by Gasteiger charge is 2.26. The van der Waals surface area contributed by atoms with E-state index >= 15 is 0 Å². The van der Waals surface area contributed by atoms with Gasteiger partial charge in [0.2, 0.25) is 0 Å². The van der Waals surface area contributed by atoms with Crippen LogP contribution >= 0.6 is 0 Å². The fourth-order valence-electron chi connectivity index (χ4n) is 4.19. The second kappa shape index (κ2) is 9.74. The topological polar surface area (TPSA) is 83.5 Å². The molecular weight excluding hydrogens is 428 g/mol. The Kier molecular flexibility index (Phi) is 6.20. The van der Waals surface area contributed by atoms with E-state index in [2.05, 4.69) is 25.4 Å². The highest BCUT2D eigenvalue weighted by atomic mass is 16.5. The van der Waals surface area contributed by atoms with Crippen molar-refractivity contribution in [3.8, 4) is 5.75 Å². The Bertz CT molecular complexity index is 1270. The Balaban J connectivity index is 1.27. The van der Waals surface area contributed by atoms with Gasteiger partial charge in [-0.2, -0.15) is 0 Å². The summed E-state index contributed by atoms with van der Waals surface area (Å²) in [5.74, 6) is 2.11. The van der Waals surface area contributed by atoms with Crippen LogP contribution in [-0.2, 0) is 0 Å². The van der Waals surface area contributed by atoms with E-state index in [1.54, 1.807) is 12.4 Å². The van der Waals surface area contributed by atoms with Gasteiger partial charge in [0.15, 0.2) is 11.6 Å². The van der Waals surface area contributed by atoms with E-state index < -0.39 is 0 Å². The van der Waals surface area contributed by atoms with Gasteiger partial charge in [0, 0.05) is 44.3 Å². The van der Waals surface area contributed by atoms with Crippen molar-refractivity contribution in [1.29, 1.82) is 0 Å². The number of hydrogen-bond donors (Lipinski definition) is 1. The molecule has 3 heterocycles. The van der Waals surface area contributed by atoms with E-state index in [0.717, 1.165) is 22.3 Å². The molecule has 0 atom stereocenters. The van der Waals surface area contributed by atoms with Gasteiger partial charge in [-0.05, 0) is 48.0 Å². The molecule has 2 aromatic carbocycles. The molecule has 1 amide bonds. The first-order valence-corrected chi connectivity index (χ1v) is 11.4. The van der Waals surface area contributed by atoms with Crippen molar-refractivity contribution in [3.63, 3.8) is 0 Å². The van der Waals surface area contributed by atoms with Gasteiger partial charge in [0.1, 0.15) is 5.75 Å². The number of amides is 1. The number of nitrogens with one attached hydrogen (secondary N) is 1. The number of nitrogens with zero attached hydrogens (tertiary/aromatic N) is 5. The number of benzene rings is 2. The van der Waals surface area contributed by atoms with Crippen LogP contribution in [0.15, 0.2) is 73.1 Å². The normalized spacial score (nSPS) is 13.7. The highest BCUT2D eigenvalue weighted by molar-refractivity contribution is 6.09. The molecule has 0 bridgehead atoms. The van der Waals surface area contributed by atoms with Crippen LogP contribution in [-0.4, -0.2) is 58.8 Å². The largest absolute Gasteiger partial charge is 0.493 e. The zero-order valence-corrected chi connectivity index (χ0v) is 19.0. The highest BCUT2D eigenvalue weighted by Crippen LogP contribution is 2.30. The fraction of sp³-hybridized carbons (Fsp3) is 0.231. The van der Waals surface area contributed by atoms with Crippen molar-refractivity contribution < 1.29 is 9.53 Å². The SMILES string of the molecule is CCOc1ccc2ccccc2c1C(=O)N1CCN(c2ccc(Nc3ccncc3)nn2)CC1. The average Bonchev–Trinajstić information content (AvgIpc) is 2.89. The van der Waals surface area contributed by atoms with Crippen LogP contribution in [0.5, 0.6) is 5.75 Å². The van der Waals surface area contributed by atoms with Gasteiger partial charge < -0.3 is 19.9 Å². The van der Waals surface area contributed by atoms with Gasteiger partial charge in [-0.1, -0.05) is 30.3 Å². The number of pyridine rings is 1. The fourth-order valence-corrected chi connectivity index (χ4v) is 4.19. The van der Waals surface area contributed by atoms with Gasteiger partial charge >= 0.3 is 0 Å². The molecule has 0 unspecified atom stereocenters. The monoisotopic (exact) mass is 454 g/mol. The van der Waals surface area contributed by atoms with Crippen LogP contribution < -0.4 is 15.0 Å². The van der Waals surface area contributed by atoms with E-state index in [1.807, 2.05) is 72.5 Å². The minimum absolute atomic E-state index is 0.00267. The first kappa shape index (κ1) is 21.6. The number of piperazine rings is 1. The maximum absolute atomic E-state index is 13.6. The summed E-state index contributed by atoms with van der Waals surface area (Å²) in [5.41, 5.74) is 1.55. The van der Waals surface area contributed by atoms with Crippen LogP contribution in [0, 0.1) is 0 Å². The molecule has 1 aliphatic heterocycles. The Morgan fingerprint density at radius 3 is 2.47 bits per heavy atom. The summed E-state index contributed by atoms with van der Waals surface area (Å²) in [7, 11) is 0. The molecular formula is C26H26N6O2. The summed E-state index contributed by atoms with van der Waals surface area (Å²) in [6, 6.07) is 19.4. The molecule has 1 aliphatic rings. The minimum atomic E-state index is 0.00267. The molecule has 1 saturated heterocycles. The molecule has 8 heteroatoms. The molecule has 8 nitrogen and oxygen atoms in total. The van der Waals surface area contributed by atoms with Crippen molar-refractivity contribution in [1.82, 2.24) is 20.1 Å². The lowest BCUT2D eigenvalue weighted by Crippen LogP contribution is -2.49. The smallest absolute Gasteiger partial charge is 0.258 e. The zero-order chi connectivity index (χ0) is 23.3. The summed E-state index contributed by atoms with van der Waals surface area (Å²) >= 11 is 0. The molecule has 2 aromatic heterocycles. The average molecular weight is 455 g/mol. The van der Waals surface area contributed by atoms with Gasteiger partial charge in [-0.25, -0.2) is 0 Å². The standard InChI is InChI=1S/C26H26N6O2/c1-2-34-22-8-7-19-5-3-4-6-21(19)25(22)26(33)32-17-15-31(16-18-32)24-10-9-23(29-30-24)28-20-11-13-27-14-12-20/h3-14H,2,15-18H2,1H3,(H,27,28,29). The summed E-state index contributed by atoms with van der Waals surface area (Å²) in [4.78, 5) is 21.6. The second-order valence-corrected chi connectivity index (χ2v) is 8.01. The number of anilines is 3. The predicted octanol–water partition coefficient (Wildman–Crippen LogP) is 4.13. The van der Waals surface area contributed by atoms with Crippen LogP contribution in [0.1, 0.15) is 17.3 Å². The number of aromatic nitrogens is 3. The molecule has 0 spiro atoms. The summed E-state index contributed by atoms with van der Waals surface area (Å²) in [5, 5.41) is 13.8. The zero-order valence-electron chi connectivity index (χ0n) is 19.0. The third-order valence-electron chi connectivity index (χ3n) is 5.90. The van der Waals surface area contributed by atoms with Gasteiger partial charge in [-0.15, -0.1) is 10.2 Å². The van der Waals surface area contributed by atoms with Crippen molar-refractivity contribution in [2.75, 3.05) is 43.0 Å². The molecule has 172 valence electrons. The Morgan fingerprint density at radius 2 is 1.74 bits per heavy atom. The quantitative estimate of drug-likeness (QED) is 0.469. The molecule has 0 aliphatic carbocycles. The molecule has 0 radical (unpaired) electrons. The molecule has 0 saturated carbocycles. The van der Waals surface area contributed by atoms with E-state index in [0.29, 0.717) is 49.9 Å². The lowest BCUT2D eigenvalue weighted by atomic mass is 10.0. The maximum atomic E-state index is 13.6. The maximum Gasteiger partial charge on any atom is 0.258 e. The number of carbonyl (C=O) groups is 1. The van der Waals surface area contributed by atoms with Crippen molar-refractivity contribution in [3.05, 3.63) is 78.6 Å². The van der Waals surface area contributed by atoms with Crippen LogP contribution in [0.2, 0.25) is 0 Å². The van der Waals surface area contributed by atoms with Gasteiger partial charge in [0.25, 0.3) is 5.91 Å². The predicted molar refractivity (Wildman–Crippen MR) is 133 cm³/mol. The lowest BCUT2D eigenvalue weighted by molar-refractivity contribution is 0.0744. The Hall–Kier alpha value is -4.20. The van der Waals surface area contributed by atoms with Crippen molar-refractivity contribution in [2.24, 2.45) is 0 Å². The van der Waals surface area contributed by atoms with E-state index in [1.165, 1.54) is 0 Å².